The summed E-state index contributed by atoms with van der Waals surface area (Å²) in [6.07, 6.45) is 1.67. The van der Waals surface area contributed by atoms with Gasteiger partial charge in [-0.3, -0.25) is 10.2 Å². The molecule has 3 aromatic rings. The number of nitrogens with two attached hydrogens (primary N) is 1. The number of nitrogens with zero attached hydrogens (tertiary/aromatic N) is 2. The Bertz CT molecular complexity index is 654. The summed E-state index contributed by atoms with van der Waals surface area (Å²) in [5.74, 6) is 0.520. The number of nitrogens with one attached hydrogen (secondary N) is 2. The second-order valence-corrected chi connectivity index (χ2v) is 3.81. The van der Waals surface area contributed by atoms with Crippen LogP contribution in [0, 0.1) is 0 Å². The van der Waals surface area contributed by atoms with Crippen LogP contribution in [-0.2, 0) is 0 Å². The molecular weight excluding hydrogens is 226 g/mol. The Morgan fingerprint density at radius 3 is 2.81 bits per heavy atom. The highest BCUT2D eigenvalue weighted by Gasteiger charge is 2.12. The molecule has 4 N–H and O–H groups in total. The lowest BCUT2D eigenvalue weighted by Gasteiger charge is -1.99. The summed E-state index contributed by atoms with van der Waals surface area (Å²) < 4.78 is 0. The molecule has 6 heteroatoms. The number of hydrogen-bond acceptors (Lipinski definition) is 3. The van der Waals surface area contributed by atoms with E-state index in [0.717, 1.165) is 22.0 Å². The monoisotopic (exact) mass is 233 g/mol. The van der Waals surface area contributed by atoms with Gasteiger partial charge in [0.25, 0.3) is 0 Å². The van der Waals surface area contributed by atoms with Crippen LogP contribution in [0.15, 0.2) is 24.4 Å². The third kappa shape index (κ3) is 1.18. The van der Waals surface area contributed by atoms with E-state index in [0.29, 0.717) is 11.0 Å². The Morgan fingerprint density at radius 1 is 1.19 bits per heavy atom. The molecule has 3 rings (SSSR count). The summed E-state index contributed by atoms with van der Waals surface area (Å²) in [6.45, 7) is 0. The van der Waals surface area contributed by atoms with Crippen molar-refractivity contribution >= 4 is 28.3 Å². The average Bonchev–Trinajstić information content (AvgIpc) is 2.86. The zero-order chi connectivity index (χ0) is 11.1. The Labute approximate surface area is 95.6 Å². The third-order valence-electron chi connectivity index (χ3n) is 2.50. The number of halogens is 1. The largest absolute Gasteiger partial charge is 0.384 e. The van der Waals surface area contributed by atoms with E-state index < -0.39 is 0 Å². The topological polar surface area (TPSA) is 83.4 Å². The first-order chi connectivity index (χ1) is 7.77. The summed E-state index contributed by atoms with van der Waals surface area (Å²) >= 11 is 5.97. The lowest BCUT2D eigenvalue weighted by molar-refractivity contribution is 1.10. The second-order valence-electron chi connectivity index (χ2n) is 3.44. The van der Waals surface area contributed by atoms with Gasteiger partial charge >= 0.3 is 0 Å². The van der Waals surface area contributed by atoms with Gasteiger partial charge in [0.2, 0.25) is 0 Å². The number of aromatic nitrogens is 4. The van der Waals surface area contributed by atoms with Crippen molar-refractivity contribution in [3.8, 4) is 11.1 Å². The van der Waals surface area contributed by atoms with E-state index in [4.69, 9.17) is 17.3 Å². The van der Waals surface area contributed by atoms with Crippen molar-refractivity contribution in [3.05, 3.63) is 29.5 Å². The predicted octanol–water partition coefficient (Wildman–Crippen LogP) is 2.19. The van der Waals surface area contributed by atoms with Crippen LogP contribution in [0.3, 0.4) is 0 Å². The quantitative estimate of drug-likeness (QED) is 0.602. The zero-order valence-electron chi connectivity index (χ0n) is 8.16. The minimum absolute atomic E-state index is 0.520. The Morgan fingerprint density at radius 2 is 2.06 bits per heavy atom. The van der Waals surface area contributed by atoms with Crippen molar-refractivity contribution < 1.29 is 0 Å². The molecule has 0 atom stereocenters. The fraction of sp³-hybridized carbons (Fsp3) is 0. The maximum absolute atomic E-state index is 5.97. The molecule has 2 heterocycles. The average molecular weight is 234 g/mol. The van der Waals surface area contributed by atoms with Gasteiger partial charge in [0.15, 0.2) is 0 Å². The van der Waals surface area contributed by atoms with Crippen LogP contribution >= 0.6 is 11.6 Å². The molecule has 0 spiro atoms. The first-order valence-corrected chi connectivity index (χ1v) is 5.07. The molecule has 2 aromatic heterocycles. The number of aromatic amines is 2. The van der Waals surface area contributed by atoms with Gasteiger partial charge in [0, 0.05) is 16.5 Å². The summed E-state index contributed by atoms with van der Waals surface area (Å²) in [5, 5.41) is 14.9. The molecule has 0 amide bonds. The molecule has 0 fully saturated rings. The van der Waals surface area contributed by atoms with E-state index in [1.54, 1.807) is 6.20 Å². The number of hydrogen-bond donors (Lipinski definition) is 3. The van der Waals surface area contributed by atoms with Crippen LogP contribution in [0.25, 0.3) is 22.0 Å². The first kappa shape index (κ1) is 9.23. The molecule has 0 aliphatic heterocycles. The molecule has 0 unspecified atom stereocenters. The van der Waals surface area contributed by atoms with Gasteiger partial charge < -0.3 is 5.73 Å². The van der Waals surface area contributed by atoms with Gasteiger partial charge in [-0.05, 0) is 6.07 Å². The standard InChI is InChI=1S/C10H8ClN5/c11-9-6-3-1-2-5(8(6)14-15-9)7-4-13-16-10(7)12/h1-4H,(H,14,15)(H3,12,13,16). The number of anilines is 1. The van der Waals surface area contributed by atoms with E-state index in [-0.39, 0.29) is 0 Å². The summed E-state index contributed by atoms with van der Waals surface area (Å²) in [7, 11) is 0. The van der Waals surface area contributed by atoms with Crippen LogP contribution in [-0.4, -0.2) is 20.4 Å². The summed E-state index contributed by atoms with van der Waals surface area (Å²) in [6, 6.07) is 5.74. The fourth-order valence-electron chi connectivity index (χ4n) is 1.73. The molecule has 5 nitrogen and oxygen atoms in total. The molecule has 16 heavy (non-hydrogen) atoms. The van der Waals surface area contributed by atoms with Crippen molar-refractivity contribution in [2.75, 3.05) is 5.73 Å². The maximum Gasteiger partial charge on any atom is 0.132 e. The van der Waals surface area contributed by atoms with E-state index in [1.165, 1.54) is 0 Å². The van der Waals surface area contributed by atoms with E-state index in [9.17, 15) is 0 Å². The van der Waals surface area contributed by atoms with Crippen LogP contribution in [0.5, 0.6) is 0 Å². The van der Waals surface area contributed by atoms with E-state index in [2.05, 4.69) is 20.4 Å². The number of para-hydroxylation sites is 1. The normalized spacial score (nSPS) is 11.1. The van der Waals surface area contributed by atoms with Gasteiger partial charge in [0.05, 0.1) is 6.20 Å². The van der Waals surface area contributed by atoms with Crippen LogP contribution in [0.2, 0.25) is 5.15 Å². The molecular formula is C10H8ClN5. The highest BCUT2D eigenvalue weighted by molar-refractivity contribution is 6.34. The number of fused-ring (bicyclic) bond motifs is 1. The molecule has 0 radical (unpaired) electrons. The van der Waals surface area contributed by atoms with Crippen molar-refractivity contribution in [2.24, 2.45) is 0 Å². The zero-order valence-corrected chi connectivity index (χ0v) is 8.92. The highest BCUT2D eigenvalue weighted by Crippen LogP contribution is 2.32. The van der Waals surface area contributed by atoms with Crippen LogP contribution in [0.4, 0.5) is 5.82 Å². The molecule has 80 valence electrons. The Kier molecular flexibility index (Phi) is 1.87. The molecule has 0 aliphatic rings. The van der Waals surface area contributed by atoms with E-state index >= 15 is 0 Å². The second kappa shape index (κ2) is 3.24. The molecule has 0 aliphatic carbocycles. The Hall–Kier alpha value is -2.01. The molecule has 0 saturated carbocycles. The molecule has 0 bridgehead atoms. The van der Waals surface area contributed by atoms with Crippen molar-refractivity contribution in [1.82, 2.24) is 20.4 Å². The number of rotatable bonds is 1. The van der Waals surface area contributed by atoms with Crippen LogP contribution < -0.4 is 5.73 Å². The smallest absolute Gasteiger partial charge is 0.132 e. The highest BCUT2D eigenvalue weighted by atomic mass is 35.5. The van der Waals surface area contributed by atoms with Crippen molar-refractivity contribution in [1.29, 1.82) is 0 Å². The van der Waals surface area contributed by atoms with Gasteiger partial charge in [-0.2, -0.15) is 10.2 Å². The van der Waals surface area contributed by atoms with Crippen molar-refractivity contribution in [3.63, 3.8) is 0 Å². The lowest BCUT2D eigenvalue weighted by atomic mass is 10.1. The van der Waals surface area contributed by atoms with Gasteiger partial charge in [-0.1, -0.05) is 23.7 Å². The SMILES string of the molecule is Nc1[nH]ncc1-c1cccc2c(Cl)[nH]nc12. The van der Waals surface area contributed by atoms with Gasteiger partial charge in [-0.15, -0.1) is 0 Å². The number of H-pyrrole nitrogens is 2. The maximum atomic E-state index is 5.97. The molecule has 1 aromatic carbocycles. The van der Waals surface area contributed by atoms with Crippen LogP contribution in [0.1, 0.15) is 0 Å². The minimum atomic E-state index is 0.520. The predicted molar refractivity (Wildman–Crippen MR) is 63.1 cm³/mol. The number of benzene rings is 1. The minimum Gasteiger partial charge on any atom is -0.384 e. The van der Waals surface area contributed by atoms with Gasteiger partial charge in [-0.25, -0.2) is 0 Å². The lowest BCUT2D eigenvalue weighted by Crippen LogP contribution is -1.88. The molecule has 0 saturated heterocycles. The van der Waals surface area contributed by atoms with Crippen molar-refractivity contribution in [2.45, 2.75) is 0 Å². The Balaban J connectivity index is 2.36. The fourth-order valence-corrected chi connectivity index (χ4v) is 1.93. The third-order valence-corrected chi connectivity index (χ3v) is 2.79. The number of nitrogen functional groups attached to an aromatic ring is 1. The summed E-state index contributed by atoms with van der Waals surface area (Å²) in [4.78, 5) is 0. The summed E-state index contributed by atoms with van der Waals surface area (Å²) in [5.41, 5.74) is 8.31. The van der Waals surface area contributed by atoms with Gasteiger partial charge in [0.1, 0.15) is 16.5 Å². The van der Waals surface area contributed by atoms with E-state index in [1.807, 2.05) is 18.2 Å². The first-order valence-electron chi connectivity index (χ1n) is 4.69.